The molecule has 4 nitrogen and oxygen atoms in total. The van der Waals surface area contributed by atoms with E-state index in [1.807, 2.05) is 0 Å². The monoisotopic (exact) mass is 286 g/mol. The van der Waals surface area contributed by atoms with Gasteiger partial charge < -0.3 is 5.73 Å². The van der Waals surface area contributed by atoms with Crippen molar-refractivity contribution in [1.82, 2.24) is 4.31 Å². The van der Waals surface area contributed by atoms with Crippen LogP contribution in [0.25, 0.3) is 0 Å². The number of hydrogen-bond donors (Lipinski definition) is 1. The molecule has 0 aromatic heterocycles. The first kappa shape index (κ1) is 14.3. The van der Waals surface area contributed by atoms with E-state index in [0.717, 1.165) is 25.7 Å². The van der Waals surface area contributed by atoms with Gasteiger partial charge in [-0.15, -0.1) is 0 Å². The van der Waals surface area contributed by atoms with Crippen LogP contribution in [0.1, 0.15) is 31.2 Å². The highest BCUT2D eigenvalue weighted by molar-refractivity contribution is 7.89. The van der Waals surface area contributed by atoms with Gasteiger partial charge in [0.2, 0.25) is 10.0 Å². The van der Waals surface area contributed by atoms with Crippen molar-refractivity contribution in [2.24, 2.45) is 0 Å². The molecule has 1 fully saturated rings. The molecule has 0 unspecified atom stereocenters. The molecule has 0 spiro atoms. The van der Waals surface area contributed by atoms with Gasteiger partial charge in [-0.2, -0.15) is 4.31 Å². The predicted molar refractivity (Wildman–Crippen MR) is 72.8 cm³/mol. The molecule has 19 heavy (non-hydrogen) atoms. The first-order valence-corrected chi connectivity index (χ1v) is 7.92. The van der Waals surface area contributed by atoms with Crippen LogP contribution in [0.2, 0.25) is 0 Å². The molecule has 0 aliphatic carbocycles. The molecule has 1 aliphatic rings. The highest BCUT2D eigenvalue weighted by atomic mass is 32.2. The number of sulfonamides is 1. The third-order valence-corrected chi connectivity index (χ3v) is 5.32. The summed E-state index contributed by atoms with van der Waals surface area (Å²) < 4.78 is 40.4. The van der Waals surface area contributed by atoms with Crippen molar-refractivity contribution in [3.8, 4) is 0 Å². The summed E-state index contributed by atoms with van der Waals surface area (Å²) in [4.78, 5) is -0.299. The third-order valence-electron chi connectivity index (χ3n) is 3.43. The van der Waals surface area contributed by atoms with Crippen molar-refractivity contribution in [2.75, 3.05) is 18.8 Å². The minimum absolute atomic E-state index is 0.258. The second-order valence-corrected chi connectivity index (χ2v) is 6.87. The Kier molecular flexibility index (Phi) is 4.10. The highest BCUT2D eigenvalue weighted by Gasteiger charge is 2.28. The maximum Gasteiger partial charge on any atom is 0.246 e. The van der Waals surface area contributed by atoms with Gasteiger partial charge in [-0.25, -0.2) is 12.8 Å². The zero-order valence-corrected chi connectivity index (χ0v) is 11.8. The molecule has 0 atom stereocenters. The van der Waals surface area contributed by atoms with E-state index in [4.69, 9.17) is 5.73 Å². The van der Waals surface area contributed by atoms with Crippen LogP contribution >= 0.6 is 0 Å². The van der Waals surface area contributed by atoms with Crippen molar-refractivity contribution >= 4 is 15.7 Å². The maximum absolute atomic E-state index is 14.1. The van der Waals surface area contributed by atoms with E-state index in [1.165, 1.54) is 23.4 Å². The zero-order valence-electron chi connectivity index (χ0n) is 11.0. The van der Waals surface area contributed by atoms with Crippen molar-refractivity contribution in [2.45, 2.75) is 37.5 Å². The smallest absolute Gasteiger partial charge is 0.246 e. The zero-order chi connectivity index (χ0) is 14.0. The van der Waals surface area contributed by atoms with Gasteiger partial charge in [0.15, 0.2) is 0 Å². The molecular formula is C13H19FN2O2S. The summed E-state index contributed by atoms with van der Waals surface area (Å²) in [6.45, 7) is 2.43. The summed E-state index contributed by atoms with van der Waals surface area (Å²) in [5.41, 5.74) is 6.16. The lowest BCUT2D eigenvalue weighted by molar-refractivity contribution is 0.419. The molecule has 1 aromatic rings. The fourth-order valence-corrected chi connectivity index (χ4v) is 4.06. The first-order valence-electron chi connectivity index (χ1n) is 6.48. The van der Waals surface area contributed by atoms with Crippen LogP contribution in [-0.4, -0.2) is 25.8 Å². The van der Waals surface area contributed by atoms with Gasteiger partial charge in [0.1, 0.15) is 10.7 Å². The first-order chi connectivity index (χ1) is 8.93. The van der Waals surface area contributed by atoms with Crippen molar-refractivity contribution in [3.63, 3.8) is 0 Å². The minimum atomic E-state index is -3.78. The fourth-order valence-electron chi connectivity index (χ4n) is 2.37. The van der Waals surface area contributed by atoms with E-state index < -0.39 is 15.8 Å². The average Bonchev–Trinajstić information content (AvgIpc) is 2.62. The Labute approximate surface area is 113 Å². The molecule has 106 valence electrons. The summed E-state index contributed by atoms with van der Waals surface area (Å²) in [7, 11) is -3.78. The summed E-state index contributed by atoms with van der Waals surface area (Å²) in [6, 6.07) is 2.65. The van der Waals surface area contributed by atoms with Crippen LogP contribution in [0.5, 0.6) is 0 Å². The molecule has 1 saturated heterocycles. The molecule has 1 aliphatic heterocycles. The lowest BCUT2D eigenvalue weighted by Gasteiger charge is -2.20. The number of hydrogen-bond acceptors (Lipinski definition) is 3. The van der Waals surface area contributed by atoms with E-state index >= 15 is 0 Å². The average molecular weight is 286 g/mol. The molecule has 0 amide bonds. The van der Waals surface area contributed by atoms with Crippen LogP contribution in [0.3, 0.4) is 0 Å². The SMILES string of the molecule is Cc1cc(N)cc(S(=O)(=O)N2CCCCCC2)c1F. The Morgan fingerprint density at radius 1 is 1.16 bits per heavy atom. The molecular weight excluding hydrogens is 267 g/mol. The number of aryl methyl sites for hydroxylation is 1. The molecule has 2 rings (SSSR count). The van der Waals surface area contributed by atoms with Gasteiger partial charge in [-0.05, 0) is 37.5 Å². The Morgan fingerprint density at radius 2 is 1.74 bits per heavy atom. The van der Waals surface area contributed by atoms with Gasteiger partial charge >= 0.3 is 0 Å². The minimum Gasteiger partial charge on any atom is -0.399 e. The van der Waals surface area contributed by atoms with Gasteiger partial charge in [-0.1, -0.05) is 12.8 Å². The van der Waals surface area contributed by atoms with E-state index in [-0.39, 0.29) is 16.1 Å². The second-order valence-electron chi connectivity index (χ2n) is 4.97. The molecule has 6 heteroatoms. The topological polar surface area (TPSA) is 63.4 Å². The highest BCUT2D eigenvalue weighted by Crippen LogP contribution is 2.26. The Bertz CT molecular complexity index is 564. The summed E-state index contributed by atoms with van der Waals surface area (Å²) in [5.74, 6) is -0.696. The Balaban J connectivity index is 2.44. The van der Waals surface area contributed by atoms with Crippen LogP contribution in [-0.2, 0) is 10.0 Å². The third kappa shape index (κ3) is 2.90. The van der Waals surface area contributed by atoms with E-state index in [1.54, 1.807) is 0 Å². The van der Waals surface area contributed by atoms with Gasteiger partial charge in [0.25, 0.3) is 0 Å². The number of nitrogens with two attached hydrogens (primary N) is 1. The quantitative estimate of drug-likeness (QED) is 0.848. The lowest BCUT2D eigenvalue weighted by atomic mass is 10.2. The number of nitrogen functional groups attached to an aromatic ring is 1. The molecule has 2 N–H and O–H groups in total. The van der Waals surface area contributed by atoms with Gasteiger partial charge in [0, 0.05) is 18.8 Å². The molecule has 1 aromatic carbocycles. The fraction of sp³-hybridized carbons (Fsp3) is 0.538. The number of anilines is 1. The normalized spacial score (nSPS) is 18.2. The number of benzene rings is 1. The van der Waals surface area contributed by atoms with E-state index in [9.17, 15) is 12.8 Å². The second kappa shape index (κ2) is 5.46. The maximum atomic E-state index is 14.1. The summed E-state index contributed by atoms with van der Waals surface area (Å²) >= 11 is 0. The molecule has 0 radical (unpaired) electrons. The van der Waals surface area contributed by atoms with Crippen molar-refractivity contribution in [1.29, 1.82) is 0 Å². The predicted octanol–water partition coefficient (Wildman–Crippen LogP) is 2.28. The number of halogens is 1. The van der Waals surface area contributed by atoms with Crippen LogP contribution in [0.4, 0.5) is 10.1 Å². The molecule has 0 saturated carbocycles. The lowest BCUT2D eigenvalue weighted by Crippen LogP contribution is -2.32. The van der Waals surface area contributed by atoms with E-state index in [0.29, 0.717) is 13.1 Å². The summed E-state index contributed by atoms with van der Waals surface area (Å²) in [5, 5.41) is 0. The van der Waals surface area contributed by atoms with E-state index in [2.05, 4.69) is 0 Å². The Hall–Kier alpha value is -1.14. The largest absolute Gasteiger partial charge is 0.399 e. The molecule has 1 heterocycles. The molecule has 0 bridgehead atoms. The van der Waals surface area contributed by atoms with Crippen LogP contribution in [0.15, 0.2) is 17.0 Å². The number of rotatable bonds is 2. The van der Waals surface area contributed by atoms with Gasteiger partial charge in [-0.3, -0.25) is 0 Å². The van der Waals surface area contributed by atoms with Crippen LogP contribution < -0.4 is 5.73 Å². The van der Waals surface area contributed by atoms with Crippen LogP contribution in [0, 0.1) is 12.7 Å². The standard InChI is InChI=1S/C13H19FN2O2S/c1-10-8-11(15)9-12(13(10)14)19(17,18)16-6-4-2-3-5-7-16/h8-9H,2-7,15H2,1H3. The number of nitrogens with zero attached hydrogens (tertiary/aromatic N) is 1. The Morgan fingerprint density at radius 3 is 2.32 bits per heavy atom. The van der Waals surface area contributed by atoms with Crippen molar-refractivity contribution in [3.05, 3.63) is 23.5 Å². The summed E-state index contributed by atoms with van der Waals surface area (Å²) in [6.07, 6.45) is 3.68. The van der Waals surface area contributed by atoms with Gasteiger partial charge in [0.05, 0.1) is 0 Å². The van der Waals surface area contributed by atoms with Crippen molar-refractivity contribution < 1.29 is 12.8 Å².